The molecule has 0 spiro atoms. The van der Waals surface area contributed by atoms with Gasteiger partial charge in [0, 0.05) is 23.5 Å². The maximum absolute atomic E-state index is 12.6. The minimum Gasteiger partial charge on any atom is -0.350 e. The molecule has 0 aliphatic carbocycles. The van der Waals surface area contributed by atoms with Crippen LogP contribution in [-0.4, -0.2) is 46.7 Å². The van der Waals surface area contributed by atoms with E-state index in [1.54, 1.807) is 24.3 Å². The Balaban J connectivity index is 1.35. The largest absolute Gasteiger partial charge is 0.350 e. The van der Waals surface area contributed by atoms with E-state index in [-0.39, 0.29) is 36.1 Å². The van der Waals surface area contributed by atoms with Gasteiger partial charge in [-0.2, -0.15) is 0 Å². The van der Waals surface area contributed by atoms with Gasteiger partial charge in [-0.05, 0) is 48.5 Å². The van der Waals surface area contributed by atoms with Crippen LogP contribution in [0, 0.1) is 6.92 Å². The average molecular weight is 454 g/mol. The molecule has 0 aromatic heterocycles. The van der Waals surface area contributed by atoms with Crippen molar-refractivity contribution in [2.24, 2.45) is 0 Å². The van der Waals surface area contributed by atoms with Crippen molar-refractivity contribution in [3.05, 3.63) is 64.1 Å². The van der Waals surface area contributed by atoms with Crippen molar-refractivity contribution < 1.29 is 19.2 Å². The molecule has 0 radical (unpaired) electrons. The summed E-state index contributed by atoms with van der Waals surface area (Å²) in [4.78, 5) is 51.2. The molecule has 2 aliphatic rings. The van der Waals surface area contributed by atoms with Gasteiger partial charge in [-0.1, -0.05) is 29.8 Å². The summed E-state index contributed by atoms with van der Waals surface area (Å²) in [5.74, 6) is -0.448. The quantitative estimate of drug-likeness (QED) is 0.673. The van der Waals surface area contributed by atoms with Crippen LogP contribution < -0.4 is 10.6 Å². The predicted molar refractivity (Wildman–Crippen MR) is 122 cm³/mol. The van der Waals surface area contributed by atoms with E-state index in [2.05, 4.69) is 10.6 Å². The van der Waals surface area contributed by atoms with Gasteiger partial charge in [-0.25, -0.2) is 0 Å². The van der Waals surface area contributed by atoms with Crippen molar-refractivity contribution in [1.29, 1.82) is 0 Å². The van der Waals surface area contributed by atoms with Crippen LogP contribution in [-0.2, 0) is 9.59 Å². The Morgan fingerprint density at radius 2 is 1.94 bits per heavy atom. The van der Waals surface area contributed by atoms with Gasteiger partial charge in [0.05, 0.1) is 16.3 Å². The van der Waals surface area contributed by atoms with Crippen LogP contribution >= 0.6 is 23.5 Å². The molecule has 2 aliphatic heterocycles. The lowest BCUT2D eigenvalue weighted by atomic mass is 10.1. The minimum absolute atomic E-state index is 0.0825. The molecule has 1 saturated heterocycles. The van der Waals surface area contributed by atoms with Gasteiger partial charge in [-0.3, -0.25) is 24.1 Å². The van der Waals surface area contributed by atoms with Crippen LogP contribution in [0.15, 0.2) is 52.3 Å². The van der Waals surface area contributed by atoms with Gasteiger partial charge in [0.2, 0.25) is 5.91 Å². The normalized spacial score (nSPS) is 17.0. The zero-order valence-electron chi connectivity index (χ0n) is 16.6. The number of hydrogen-bond acceptors (Lipinski definition) is 6. The Morgan fingerprint density at radius 3 is 2.71 bits per heavy atom. The number of benzene rings is 2. The van der Waals surface area contributed by atoms with Gasteiger partial charge in [0.1, 0.15) is 0 Å². The lowest BCUT2D eigenvalue weighted by Gasteiger charge is -2.17. The summed E-state index contributed by atoms with van der Waals surface area (Å²) in [6.07, 6.45) is 1.70. The number of carbonyl (C=O) groups excluding carboxylic acids is 4. The summed E-state index contributed by atoms with van der Waals surface area (Å²) in [5, 5.41) is 5.12. The fourth-order valence-electron chi connectivity index (χ4n) is 3.11. The van der Waals surface area contributed by atoms with Crippen molar-refractivity contribution in [1.82, 2.24) is 10.2 Å². The number of anilines is 1. The molecule has 1 fully saturated rings. The number of aryl methyl sites for hydroxylation is 1. The Bertz CT molecular complexity index is 1110. The van der Waals surface area contributed by atoms with Crippen LogP contribution in [0.5, 0.6) is 0 Å². The zero-order chi connectivity index (χ0) is 22.0. The Labute approximate surface area is 187 Å². The van der Waals surface area contributed by atoms with Crippen molar-refractivity contribution in [3.8, 4) is 0 Å². The molecular formula is C22H19N3O4S2. The number of nitrogens with zero attached hydrogens (tertiary/aromatic N) is 1. The first kappa shape index (κ1) is 21.2. The number of thioether (sulfide) groups is 2. The molecule has 31 heavy (non-hydrogen) atoms. The molecule has 0 unspecified atom stereocenters. The summed E-state index contributed by atoms with van der Waals surface area (Å²) >= 11 is 2.32. The molecule has 2 aromatic rings. The highest BCUT2D eigenvalue weighted by Crippen LogP contribution is 2.33. The zero-order valence-corrected chi connectivity index (χ0v) is 18.3. The van der Waals surface area contributed by atoms with Crippen molar-refractivity contribution in [2.75, 3.05) is 24.2 Å². The maximum Gasteiger partial charge on any atom is 0.293 e. The highest BCUT2D eigenvalue weighted by Gasteiger charge is 2.34. The van der Waals surface area contributed by atoms with Crippen molar-refractivity contribution >= 4 is 58.2 Å². The van der Waals surface area contributed by atoms with E-state index >= 15 is 0 Å². The van der Waals surface area contributed by atoms with E-state index < -0.39 is 0 Å². The number of nitrogens with one attached hydrogen (secondary N) is 2. The third-order valence-corrected chi connectivity index (χ3v) is 6.73. The number of carbonyl (C=O) groups is 4. The third-order valence-electron chi connectivity index (χ3n) is 4.74. The standard InChI is InChI=1S/C22H19N3O4S2/c1-13-2-4-14(5-3-13)10-18-21(28)25(22(29)31-18)9-8-23-20(27)15-6-7-17-16(11-15)24-19(26)12-30-17/h2-7,10-11H,8-9,12H2,1H3,(H,23,27)(H,24,26)/b18-10-. The van der Waals surface area contributed by atoms with E-state index in [0.717, 1.165) is 32.7 Å². The average Bonchev–Trinajstić information content (AvgIpc) is 3.02. The van der Waals surface area contributed by atoms with Crippen LogP contribution in [0.2, 0.25) is 0 Å². The van der Waals surface area contributed by atoms with Crippen LogP contribution in [0.3, 0.4) is 0 Å². The maximum atomic E-state index is 12.6. The lowest BCUT2D eigenvalue weighted by molar-refractivity contribution is -0.122. The summed E-state index contributed by atoms with van der Waals surface area (Å²) < 4.78 is 0. The van der Waals surface area contributed by atoms with E-state index in [1.807, 2.05) is 31.2 Å². The first-order valence-corrected chi connectivity index (χ1v) is 11.4. The topological polar surface area (TPSA) is 95.6 Å². The second-order valence-corrected chi connectivity index (χ2v) is 9.06. The number of imide groups is 1. The number of rotatable bonds is 5. The molecule has 9 heteroatoms. The second-order valence-electron chi connectivity index (χ2n) is 7.05. The monoisotopic (exact) mass is 453 g/mol. The molecule has 2 heterocycles. The van der Waals surface area contributed by atoms with Gasteiger partial charge >= 0.3 is 0 Å². The predicted octanol–water partition coefficient (Wildman–Crippen LogP) is 3.51. The van der Waals surface area contributed by atoms with E-state index in [4.69, 9.17) is 0 Å². The SMILES string of the molecule is Cc1ccc(/C=C2\SC(=O)N(CCNC(=O)c3ccc4c(c3)NC(=O)CS4)C2=O)cc1. The Morgan fingerprint density at radius 1 is 1.16 bits per heavy atom. The van der Waals surface area contributed by atoms with Gasteiger partial charge in [0.15, 0.2) is 0 Å². The minimum atomic E-state index is -0.363. The second kappa shape index (κ2) is 8.99. The molecule has 7 nitrogen and oxygen atoms in total. The molecule has 158 valence electrons. The highest BCUT2D eigenvalue weighted by atomic mass is 32.2. The third kappa shape index (κ3) is 4.83. The number of hydrogen-bond donors (Lipinski definition) is 2. The summed E-state index contributed by atoms with van der Waals surface area (Å²) in [6, 6.07) is 12.8. The Hall–Kier alpha value is -3.04. The summed E-state index contributed by atoms with van der Waals surface area (Å²) in [7, 11) is 0. The van der Waals surface area contributed by atoms with Gasteiger partial charge in [-0.15, -0.1) is 11.8 Å². The molecule has 4 rings (SSSR count). The highest BCUT2D eigenvalue weighted by molar-refractivity contribution is 8.18. The first-order valence-electron chi connectivity index (χ1n) is 9.57. The van der Waals surface area contributed by atoms with Crippen LogP contribution in [0.1, 0.15) is 21.5 Å². The molecule has 4 amide bonds. The van der Waals surface area contributed by atoms with Gasteiger partial charge < -0.3 is 10.6 Å². The molecule has 0 bridgehead atoms. The van der Waals surface area contributed by atoms with E-state index in [9.17, 15) is 19.2 Å². The smallest absolute Gasteiger partial charge is 0.293 e. The molecule has 2 N–H and O–H groups in total. The van der Waals surface area contributed by atoms with Crippen LogP contribution in [0.25, 0.3) is 6.08 Å². The summed E-state index contributed by atoms with van der Waals surface area (Å²) in [6.45, 7) is 2.19. The van der Waals surface area contributed by atoms with Crippen LogP contribution in [0.4, 0.5) is 10.5 Å². The number of amides is 4. The fraction of sp³-hybridized carbons (Fsp3) is 0.182. The number of fused-ring (bicyclic) bond motifs is 1. The molecule has 2 aromatic carbocycles. The lowest BCUT2D eigenvalue weighted by Crippen LogP contribution is -2.37. The fourth-order valence-corrected chi connectivity index (χ4v) is 4.77. The molecular weight excluding hydrogens is 434 g/mol. The summed E-state index contributed by atoms with van der Waals surface area (Å²) in [5.41, 5.74) is 2.97. The van der Waals surface area contributed by atoms with E-state index in [0.29, 0.717) is 21.9 Å². The van der Waals surface area contributed by atoms with Crippen molar-refractivity contribution in [3.63, 3.8) is 0 Å². The van der Waals surface area contributed by atoms with Crippen molar-refractivity contribution in [2.45, 2.75) is 11.8 Å². The van der Waals surface area contributed by atoms with E-state index in [1.165, 1.54) is 11.8 Å². The molecule has 0 saturated carbocycles. The first-order chi connectivity index (χ1) is 14.9. The molecule has 0 atom stereocenters. The van der Waals surface area contributed by atoms with Gasteiger partial charge in [0.25, 0.3) is 17.1 Å². The Kier molecular flexibility index (Phi) is 6.15.